The second kappa shape index (κ2) is 7.04. The lowest BCUT2D eigenvalue weighted by molar-refractivity contribution is 0.554. The van der Waals surface area contributed by atoms with Crippen LogP contribution in [0, 0.1) is 5.92 Å². The summed E-state index contributed by atoms with van der Waals surface area (Å²) in [6.45, 7) is 7.18. The number of nitrogens with zero attached hydrogens (tertiary/aromatic N) is 2. The summed E-state index contributed by atoms with van der Waals surface area (Å²) in [5, 5.41) is 4.52. The van der Waals surface area contributed by atoms with Gasteiger partial charge in [0.25, 0.3) is 0 Å². The Bertz CT molecular complexity index is 356. The van der Waals surface area contributed by atoms with Gasteiger partial charge in [-0.3, -0.25) is 0 Å². The van der Waals surface area contributed by atoms with Gasteiger partial charge in [0.1, 0.15) is 5.82 Å². The first kappa shape index (κ1) is 14.6. The molecule has 3 nitrogen and oxygen atoms in total. The number of hydrogen-bond donors (Lipinski definition) is 1. The maximum absolute atomic E-state index is 6.08. The fourth-order valence-corrected chi connectivity index (χ4v) is 1.96. The molecule has 1 heterocycles. The minimum absolute atomic E-state index is 0.560. The van der Waals surface area contributed by atoms with Crippen molar-refractivity contribution in [3.63, 3.8) is 0 Å². The van der Waals surface area contributed by atoms with Crippen molar-refractivity contribution in [2.45, 2.75) is 13.8 Å². The average Bonchev–Trinajstić information content (AvgIpc) is 2.23. The topological polar surface area (TPSA) is 28.2 Å². The van der Waals surface area contributed by atoms with E-state index in [4.69, 9.17) is 23.2 Å². The van der Waals surface area contributed by atoms with E-state index in [1.54, 1.807) is 12.3 Å². The maximum atomic E-state index is 6.08. The Morgan fingerprint density at radius 3 is 2.71 bits per heavy atom. The number of nitrogens with one attached hydrogen (secondary N) is 1. The predicted molar refractivity (Wildman–Crippen MR) is 75.2 cm³/mol. The van der Waals surface area contributed by atoms with E-state index in [0.717, 1.165) is 25.5 Å². The molecule has 0 saturated carbocycles. The largest absolute Gasteiger partial charge is 0.357 e. The Morgan fingerprint density at radius 1 is 1.41 bits per heavy atom. The third kappa shape index (κ3) is 5.11. The monoisotopic (exact) mass is 275 g/mol. The van der Waals surface area contributed by atoms with Gasteiger partial charge in [0.15, 0.2) is 0 Å². The lowest BCUT2D eigenvalue weighted by atomic mass is 10.2. The number of anilines is 1. The highest BCUT2D eigenvalue weighted by molar-refractivity contribution is 6.35. The van der Waals surface area contributed by atoms with E-state index < -0.39 is 0 Å². The average molecular weight is 276 g/mol. The molecule has 1 aromatic rings. The molecule has 0 radical (unpaired) electrons. The molecule has 0 aliphatic heterocycles. The quantitative estimate of drug-likeness (QED) is 0.809. The SMILES string of the molecule is CC(C)CNCCN(C)c1ncc(Cl)cc1Cl. The van der Waals surface area contributed by atoms with Crippen LogP contribution >= 0.6 is 23.2 Å². The molecule has 17 heavy (non-hydrogen) atoms. The van der Waals surface area contributed by atoms with Gasteiger partial charge in [-0.25, -0.2) is 4.98 Å². The molecule has 0 spiro atoms. The van der Waals surface area contributed by atoms with Crippen molar-refractivity contribution in [2.75, 3.05) is 31.6 Å². The Labute approximate surface area is 113 Å². The van der Waals surface area contributed by atoms with Gasteiger partial charge in [-0.1, -0.05) is 37.0 Å². The van der Waals surface area contributed by atoms with Crippen LogP contribution in [-0.2, 0) is 0 Å². The highest BCUT2D eigenvalue weighted by atomic mass is 35.5. The molecule has 0 aliphatic carbocycles. The molecule has 0 fully saturated rings. The molecule has 5 heteroatoms. The molecule has 0 aliphatic rings. The van der Waals surface area contributed by atoms with Crippen LogP contribution in [0.25, 0.3) is 0 Å². The minimum atomic E-state index is 0.560. The fourth-order valence-electron chi connectivity index (χ4n) is 1.43. The first-order valence-electron chi connectivity index (χ1n) is 5.73. The second-order valence-electron chi connectivity index (χ2n) is 4.48. The molecule has 0 aromatic carbocycles. The van der Waals surface area contributed by atoms with E-state index in [0.29, 0.717) is 16.0 Å². The van der Waals surface area contributed by atoms with Crippen molar-refractivity contribution in [2.24, 2.45) is 5.92 Å². The number of halogens is 2. The van der Waals surface area contributed by atoms with Gasteiger partial charge in [0, 0.05) is 26.3 Å². The zero-order valence-electron chi connectivity index (χ0n) is 10.5. The summed E-state index contributed by atoms with van der Waals surface area (Å²) in [5.74, 6) is 1.43. The van der Waals surface area contributed by atoms with Gasteiger partial charge in [-0.2, -0.15) is 0 Å². The van der Waals surface area contributed by atoms with Gasteiger partial charge in [-0.15, -0.1) is 0 Å². The number of aromatic nitrogens is 1. The van der Waals surface area contributed by atoms with Crippen LogP contribution in [0.15, 0.2) is 12.3 Å². The summed E-state index contributed by atoms with van der Waals surface area (Å²) in [7, 11) is 1.97. The highest BCUT2D eigenvalue weighted by Gasteiger charge is 2.07. The smallest absolute Gasteiger partial charge is 0.147 e. The van der Waals surface area contributed by atoms with Crippen molar-refractivity contribution in [1.82, 2.24) is 10.3 Å². The lowest BCUT2D eigenvalue weighted by Crippen LogP contribution is -2.31. The molecule has 0 unspecified atom stereocenters. The van der Waals surface area contributed by atoms with E-state index in [1.807, 2.05) is 11.9 Å². The normalized spacial score (nSPS) is 10.9. The van der Waals surface area contributed by atoms with Crippen LogP contribution in [0.1, 0.15) is 13.8 Å². The minimum Gasteiger partial charge on any atom is -0.357 e. The molecule has 96 valence electrons. The van der Waals surface area contributed by atoms with Crippen LogP contribution in [0.2, 0.25) is 10.0 Å². The molecule has 0 amide bonds. The number of likely N-dealkylation sites (N-methyl/N-ethyl adjacent to an activating group) is 1. The maximum Gasteiger partial charge on any atom is 0.147 e. The van der Waals surface area contributed by atoms with Crippen molar-refractivity contribution in [3.05, 3.63) is 22.3 Å². The van der Waals surface area contributed by atoms with E-state index in [2.05, 4.69) is 24.1 Å². The van der Waals surface area contributed by atoms with Crippen molar-refractivity contribution in [3.8, 4) is 0 Å². The number of hydrogen-bond acceptors (Lipinski definition) is 3. The summed E-state index contributed by atoms with van der Waals surface area (Å²) < 4.78 is 0. The summed E-state index contributed by atoms with van der Waals surface area (Å²) >= 11 is 11.9. The highest BCUT2D eigenvalue weighted by Crippen LogP contribution is 2.24. The molecule has 1 N–H and O–H groups in total. The molecule has 0 bridgehead atoms. The van der Waals surface area contributed by atoms with Gasteiger partial charge in [-0.05, 0) is 18.5 Å². The van der Waals surface area contributed by atoms with Gasteiger partial charge < -0.3 is 10.2 Å². The van der Waals surface area contributed by atoms with E-state index in [9.17, 15) is 0 Å². The third-order valence-electron chi connectivity index (χ3n) is 2.33. The molecular weight excluding hydrogens is 257 g/mol. The van der Waals surface area contributed by atoms with E-state index in [-0.39, 0.29) is 0 Å². The number of rotatable bonds is 6. The third-order valence-corrected chi connectivity index (χ3v) is 2.81. The standard InChI is InChI=1S/C12H19Cl2N3/c1-9(2)7-15-4-5-17(3)12-11(14)6-10(13)8-16-12/h6,8-9,15H,4-5,7H2,1-3H3. The summed E-state index contributed by atoms with van der Waals surface area (Å²) in [4.78, 5) is 6.25. The number of pyridine rings is 1. The summed E-state index contributed by atoms with van der Waals surface area (Å²) in [5.41, 5.74) is 0. The van der Waals surface area contributed by atoms with E-state index >= 15 is 0 Å². The Kier molecular flexibility index (Phi) is 6.03. The van der Waals surface area contributed by atoms with Crippen LogP contribution < -0.4 is 10.2 Å². The zero-order valence-corrected chi connectivity index (χ0v) is 12.0. The molecule has 0 saturated heterocycles. The Morgan fingerprint density at radius 2 is 2.12 bits per heavy atom. The van der Waals surface area contributed by atoms with Crippen molar-refractivity contribution >= 4 is 29.0 Å². The van der Waals surface area contributed by atoms with Crippen LogP contribution in [0.5, 0.6) is 0 Å². The van der Waals surface area contributed by atoms with Gasteiger partial charge >= 0.3 is 0 Å². The fraction of sp³-hybridized carbons (Fsp3) is 0.583. The van der Waals surface area contributed by atoms with Crippen LogP contribution in [-0.4, -0.2) is 31.7 Å². The first-order valence-corrected chi connectivity index (χ1v) is 6.49. The Balaban J connectivity index is 2.44. The lowest BCUT2D eigenvalue weighted by Gasteiger charge is -2.19. The van der Waals surface area contributed by atoms with E-state index in [1.165, 1.54) is 0 Å². The van der Waals surface area contributed by atoms with Gasteiger partial charge in [0.2, 0.25) is 0 Å². The summed E-state index contributed by atoms with van der Waals surface area (Å²) in [6, 6.07) is 1.71. The molecule has 1 rings (SSSR count). The Hall–Kier alpha value is -0.510. The molecule has 0 atom stereocenters. The predicted octanol–water partition coefficient (Wildman–Crippen LogP) is 3.07. The first-order chi connectivity index (χ1) is 8.00. The summed E-state index contributed by atoms with van der Waals surface area (Å²) in [6.07, 6.45) is 1.61. The zero-order chi connectivity index (χ0) is 12.8. The second-order valence-corrected chi connectivity index (χ2v) is 5.32. The van der Waals surface area contributed by atoms with Crippen molar-refractivity contribution in [1.29, 1.82) is 0 Å². The molecule has 1 aromatic heterocycles. The van der Waals surface area contributed by atoms with Crippen LogP contribution in [0.3, 0.4) is 0 Å². The van der Waals surface area contributed by atoms with Crippen molar-refractivity contribution < 1.29 is 0 Å². The van der Waals surface area contributed by atoms with Gasteiger partial charge in [0.05, 0.1) is 10.0 Å². The van der Waals surface area contributed by atoms with Crippen LogP contribution in [0.4, 0.5) is 5.82 Å². The molecular formula is C12H19Cl2N3.